The van der Waals surface area contributed by atoms with Crippen LogP contribution >= 0.6 is 0 Å². The van der Waals surface area contributed by atoms with Crippen molar-refractivity contribution in [3.63, 3.8) is 0 Å². The Bertz CT molecular complexity index is 720. The Labute approximate surface area is 143 Å². The summed E-state index contributed by atoms with van der Waals surface area (Å²) in [5.41, 5.74) is 6.11. The Hall–Kier alpha value is -1.72. The van der Waals surface area contributed by atoms with E-state index >= 15 is 0 Å². The molecule has 2 aliphatic rings. The maximum atomic E-state index is 5.86. The fraction of sp³-hybridized carbons (Fsp3) is 0.579. The molecule has 0 aromatic carbocycles. The fourth-order valence-electron chi connectivity index (χ4n) is 3.49. The Morgan fingerprint density at radius 2 is 2.17 bits per heavy atom. The molecule has 4 rings (SSSR count). The van der Waals surface area contributed by atoms with Crippen LogP contribution in [0.2, 0.25) is 0 Å². The highest BCUT2D eigenvalue weighted by Gasteiger charge is 2.25. The Morgan fingerprint density at radius 1 is 1.29 bits per heavy atom. The molecule has 0 amide bonds. The molecule has 0 spiro atoms. The summed E-state index contributed by atoms with van der Waals surface area (Å²) in [6.45, 7) is 6.52. The largest absolute Gasteiger partial charge is 0.375 e. The second-order valence-electron chi connectivity index (χ2n) is 7.19. The van der Waals surface area contributed by atoms with E-state index in [4.69, 9.17) is 9.84 Å². The Balaban J connectivity index is 1.41. The van der Waals surface area contributed by atoms with E-state index in [-0.39, 0.29) is 0 Å². The molecular formula is C19H26N4O. The van der Waals surface area contributed by atoms with Crippen molar-refractivity contribution in [1.82, 2.24) is 19.7 Å². The number of fused-ring (bicyclic) bond motifs is 1. The standard InChI is InChI=1S/C19H26N4O/c1-14-4-3-5-16(20-14)10-23-9-8-17-18(13-24-12-15-6-7-15)21-22(2)19(17)11-23/h3-5,15H,6-13H2,1-2H3. The number of hydrogen-bond acceptors (Lipinski definition) is 4. The van der Waals surface area contributed by atoms with Crippen LogP contribution in [0.3, 0.4) is 0 Å². The molecule has 2 aromatic heterocycles. The normalized spacial score (nSPS) is 17.9. The zero-order valence-corrected chi connectivity index (χ0v) is 14.7. The summed E-state index contributed by atoms with van der Waals surface area (Å²) < 4.78 is 7.90. The molecule has 0 unspecified atom stereocenters. The van der Waals surface area contributed by atoms with Crippen molar-refractivity contribution in [2.24, 2.45) is 13.0 Å². The fourth-order valence-corrected chi connectivity index (χ4v) is 3.49. The van der Waals surface area contributed by atoms with Crippen LogP contribution in [0.25, 0.3) is 0 Å². The number of nitrogens with zero attached hydrogens (tertiary/aromatic N) is 4. The number of hydrogen-bond donors (Lipinski definition) is 0. The number of aromatic nitrogens is 3. The van der Waals surface area contributed by atoms with Crippen molar-refractivity contribution < 1.29 is 4.74 Å². The van der Waals surface area contributed by atoms with Crippen molar-refractivity contribution in [1.29, 1.82) is 0 Å². The molecule has 0 saturated heterocycles. The third-order valence-electron chi connectivity index (χ3n) is 5.03. The molecule has 1 aliphatic carbocycles. The summed E-state index contributed by atoms with van der Waals surface area (Å²) in [7, 11) is 2.05. The summed E-state index contributed by atoms with van der Waals surface area (Å²) in [5, 5.41) is 4.71. The third-order valence-corrected chi connectivity index (χ3v) is 5.03. The highest BCUT2D eigenvalue weighted by molar-refractivity contribution is 5.28. The first kappa shape index (κ1) is 15.8. The van der Waals surface area contributed by atoms with Crippen LogP contribution < -0.4 is 0 Å². The van der Waals surface area contributed by atoms with Crippen LogP contribution in [-0.2, 0) is 37.9 Å². The van der Waals surface area contributed by atoms with E-state index in [1.807, 2.05) is 17.7 Å². The maximum Gasteiger partial charge on any atom is 0.0917 e. The highest BCUT2D eigenvalue weighted by atomic mass is 16.5. The van der Waals surface area contributed by atoms with Crippen LogP contribution in [0.5, 0.6) is 0 Å². The molecule has 5 nitrogen and oxygen atoms in total. The van der Waals surface area contributed by atoms with Crippen molar-refractivity contribution in [3.05, 3.63) is 46.5 Å². The summed E-state index contributed by atoms with van der Waals surface area (Å²) in [6, 6.07) is 6.25. The van der Waals surface area contributed by atoms with Crippen LogP contribution in [0.15, 0.2) is 18.2 Å². The Kier molecular flexibility index (Phi) is 4.37. The molecule has 1 saturated carbocycles. The van der Waals surface area contributed by atoms with E-state index in [0.717, 1.165) is 55.7 Å². The molecule has 0 radical (unpaired) electrons. The van der Waals surface area contributed by atoms with E-state index in [1.54, 1.807) is 0 Å². The van der Waals surface area contributed by atoms with Gasteiger partial charge in [-0.05, 0) is 44.2 Å². The lowest BCUT2D eigenvalue weighted by Crippen LogP contribution is -2.31. The average molecular weight is 326 g/mol. The van der Waals surface area contributed by atoms with Gasteiger partial charge in [0.2, 0.25) is 0 Å². The maximum absolute atomic E-state index is 5.86. The summed E-state index contributed by atoms with van der Waals surface area (Å²) in [4.78, 5) is 7.09. The highest BCUT2D eigenvalue weighted by Crippen LogP contribution is 2.29. The molecule has 3 heterocycles. The minimum absolute atomic E-state index is 0.666. The summed E-state index contributed by atoms with van der Waals surface area (Å²) in [6.07, 6.45) is 3.72. The van der Waals surface area contributed by atoms with Gasteiger partial charge in [0.15, 0.2) is 0 Å². The van der Waals surface area contributed by atoms with Crippen LogP contribution in [-0.4, -0.2) is 32.8 Å². The average Bonchev–Trinajstić information content (AvgIpc) is 3.33. The monoisotopic (exact) mass is 326 g/mol. The molecule has 1 fully saturated rings. The molecule has 24 heavy (non-hydrogen) atoms. The van der Waals surface area contributed by atoms with Gasteiger partial charge in [0.25, 0.3) is 0 Å². The van der Waals surface area contributed by atoms with Gasteiger partial charge in [-0.3, -0.25) is 14.6 Å². The Morgan fingerprint density at radius 3 is 2.96 bits per heavy atom. The van der Waals surface area contributed by atoms with Gasteiger partial charge in [0, 0.05) is 44.5 Å². The van der Waals surface area contributed by atoms with E-state index in [9.17, 15) is 0 Å². The lowest BCUT2D eigenvalue weighted by Gasteiger charge is -2.27. The predicted octanol–water partition coefficient (Wildman–Crippen LogP) is 2.61. The topological polar surface area (TPSA) is 43.2 Å². The van der Waals surface area contributed by atoms with Crippen molar-refractivity contribution in [2.75, 3.05) is 13.2 Å². The van der Waals surface area contributed by atoms with Gasteiger partial charge in [-0.2, -0.15) is 5.10 Å². The number of ether oxygens (including phenoxy) is 1. The third kappa shape index (κ3) is 3.52. The number of pyridine rings is 1. The first-order valence-corrected chi connectivity index (χ1v) is 8.95. The zero-order valence-electron chi connectivity index (χ0n) is 14.7. The van der Waals surface area contributed by atoms with Crippen molar-refractivity contribution >= 4 is 0 Å². The van der Waals surface area contributed by atoms with Gasteiger partial charge >= 0.3 is 0 Å². The van der Waals surface area contributed by atoms with Crippen LogP contribution in [0, 0.1) is 12.8 Å². The second-order valence-corrected chi connectivity index (χ2v) is 7.19. The van der Waals surface area contributed by atoms with Crippen molar-refractivity contribution in [2.45, 2.75) is 45.9 Å². The molecule has 0 N–H and O–H groups in total. The minimum atomic E-state index is 0.666. The van der Waals surface area contributed by atoms with Crippen molar-refractivity contribution in [3.8, 4) is 0 Å². The first-order chi connectivity index (χ1) is 11.7. The van der Waals surface area contributed by atoms with E-state index < -0.39 is 0 Å². The van der Waals surface area contributed by atoms with E-state index in [2.05, 4.69) is 29.1 Å². The summed E-state index contributed by atoms with van der Waals surface area (Å²) >= 11 is 0. The van der Waals surface area contributed by atoms with Gasteiger partial charge in [-0.1, -0.05) is 6.07 Å². The van der Waals surface area contributed by atoms with Gasteiger partial charge in [0.05, 0.1) is 23.7 Å². The van der Waals surface area contributed by atoms with Gasteiger partial charge in [-0.25, -0.2) is 0 Å². The molecular weight excluding hydrogens is 300 g/mol. The van der Waals surface area contributed by atoms with Crippen LogP contribution in [0.1, 0.15) is 41.2 Å². The number of aryl methyl sites for hydroxylation is 2. The van der Waals surface area contributed by atoms with Gasteiger partial charge in [0.1, 0.15) is 0 Å². The smallest absolute Gasteiger partial charge is 0.0917 e. The summed E-state index contributed by atoms with van der Waals surface area (Å²) in [5.74, 6) is 0.807. The van der Waals surface area contributed by atoms with E-state index in [0.29, 0.717) is 6.61 Å². The molecule has 0 atom stereocenters. The second kappa shape index (κ2) is 6.65. The molecule has 1 aliphatic heterocycles. The lowest BCUT2D eigenvalue weighted by atomic mass is 10.0. The molecule has 5 heteroatoms. The van der Waals surface area contributed by atoms with E-state index in [1.165, 1.54) is 24.1 Å². The lowest BCUT2D eigenvalue weighted by molar-refractivity contribution is 0.107. The first-order valence-electron chi connectivity index (χ1n) is 8.95. The van der Waals surface area contributed by atoms with Gasteiger partial charge < -0.3 is 4.74 Å². The zero-order chi connectivity index (χ0) is 16.5. The SMILES string of the molecule is Cc1cccc(CN2CCc3c(COCC4CC4)nn(C)c3C2)n1. The molecule has 128 valence electrons. The number of rotatable bonds is 6. The molecule has 0 bridgehead atoms. The van der Waals surface area contributed by atoms with Gasteiger partial charge in [-0.15, -0.1) is 0 Å². The minimum Gasteiger partial charge on any atom is -0.375 e. The predicted molar refractivity (Wildman–Crippen MR) is 92.4 cm³/mol. The van der Waals surface area contributed by atoms with Crippen LogP contribution in [0.4, 0.5) is 0 Å². The molecule has 2 aromatic rings. The quantitative estimate of drug-likeness (QED) is 0.818.